The van der Waals surface area contributed by atoms with Crippen molar-refractivity contribution >= 4 is 39.9 Å². The minimum Gasteiger partial charge on any atom is -0.493 e. The van der Waals surface area contributed by atoms with Gasteiger partial charge in [0.05, 0.1) is 49.1 Å². The van der Waals surface area contributed by atoms with E-state index in [1.165, 1.54) is 12.4 Å². The highest BCUT2D eigenvalue weighted by Gasteiger charge is 2.30. The van der Waals surface area contributed by atoms with Crippen LogP contribution in [0.25, 0.3) is 10.9 Å². The van der Waals surface area contributed by atoms with Crippen LogP contribution in [0, 0.1) is 5.82 Å². The third-order valence-electron chi connectivity index (χ3n) is 6.72. The van der Waals surface area contributed by atoms with Gasteiger partial charge in [0.1, 0.15) is 18.8 Å². The molecule has 11 heteroatoms. The molecule has 196 valence electrons. The average Bonchev–Trinajstić information content (AvgIpc) is 3.39. The number of amides is 1. The number of nitrogens with zero attached hydrogens (tertiary/aromatic N) is 4. The number of carbonyl (C=O) groups is 1. The molecule has 5 rings (SSSR count). The van der Waals surface area contributed by atoms with Gasteiger partial charge in [0, 0.05) is 31.1 Å². The summed E-state index contributed by atoms with van der Waals surface area (Å²) in [6.45, 7) is 4.30. The number of aromatic nitrogens is 2. The fraction of sp³-hybridized carbons (Fsp3) is 0.423. The van der Waals surface area contributed by atoms with Crippen LogP contribution in [0.1, 0.15) is 12.8 Å². The van der Waals surface area contributed by atoms with E-state index in [-0.39, 0.29) is 22.7 Å². The largest absolute Gasteiger partial charge is 0.493 e. The molecule has 1 N–H and O–H groups in total. The highest BCUT2D eigenvalue weighted by atomic mass is 35.5. The number of methoxy groups -OCH3 is 1. The summed E-state index contributed by atoms with van der Waals surface area (Å²) in [5, 5.41) is 3.65. The number of likely N-dealkylation sites (tertiary alicyclic amines) is 1. The van der Waals surface area contributed by atoms with Crippen LogP contribution < -0.4 is 14.8 Å². The second-order valence-corrected chi connectivity index (χ2v) is 9.46. The van der Waals surface area contributed by atoms with Gasteiger partial charge in [-0.25, -0.2) is 14.4 Å². The zero-order valence-electron chi connectivity index (χ0n) is 20.6. The molecular formula is C26H29ClFN5O4. The van der Waals surface area contributed by atoms with Crippen molar-refractivity contribution in [2.24, 2.45) is 0 Å². The Hall–Kier alpha value is -3.21. The van der Waals surface area contributed by atoms with E-state index in [0.717, 1.165) is 32.5 Å². The number of hydrogen-bond donors (Lipinski definition) is 1. The summed E-state index contributed by atoms with van der Waals surface area (Å²) < 4.78 is 31.7. The minimum absolute atomic E-state index is 0.0124. The lowest BCUT2D eigenvalue weighted by Crippen LogP contribution is -2.47. The first-order chi connectivity index (χ1) is 18.0. The molecule has 2 fully saturated rings. The van der Waals surface area contributed by atoms with Crippen LogP contribution in [-0.2, 0) is 9.53 Å². The van der Waals surface area contributed by atoms with Gasteiger partial charge in [-0.15, -0.1) is 0 Å². The number of anilines is 2. The molecule has 0 bridgehead atoms. The number of ether oxygens (including phenoxy) is 3. The molecule has 1 aromatic heterocycles. The maximum atomic E-state index is 14.5. The lowest BCUT2D eigenvalue weighted by molar-refractivity contribution is -0.134. The Bertz CT molecular complexity index is 1270. The highest BCUT2D eigenvalue weighted by molar-refractivity contribution is 6.31. The number of halogens is 2. The molecule has 0 aliphatic carbocycles. The topological polar surface area (TPSA) is 89.1 Å². The summed E-state index contributed by atoms with van der Waals surface area (Å²) in [5.74, 6) is 0.954. The molecule has 3 aromatic rings. The van der Waals surface area contributed by atoms with Crippen molar-refractivity contribution < 1.29 is 23.4 Å². The van der Waals surface area contributed by atoms with E-state index in [1.807, 2.05) is 4.90 Å². The number of benzene rings is 2. The predicted molar refractivity (Wildman–Crippen MR) is 138 cm³/mol. The van der Waals surface area contributed by atoms with E-state index in [0.29, 0.717) is 54.6 Å². The Morgan fingerprint density at radius 1 is 1.22 bits per heavy atom. The van der Waals surface area contributed by atoms with Gasteiger partial charge in [-0.1, -0.05) is 17.7 Å². The summed E-state index contributed by atoms with van der Waals surface area (Å²) in [4.78, 5) is 25.7. The molecule has 2 aliphatic heterocycles. The normalized spacial score (nSPS) is 18.2. The molecular weight excluding hydrogens is 501 g/mol. The molecule has 1 atom stereocenters. The van der Waals surface area contributed by atoms with Crippen LogP contribution in [0.15, 0.2) is 36.7 Å². The van der Waals surface area contributed by atoms with Gasteiger partial charge in [-0.2, -0.15) is 0 Å². The van der Waals surface area contributed by atoms with Crippen molar-refractivity contribution in [1.82, 2.24) is 19.8 Å². The monoisotopic (exact) mass is 529 g/mol. The zero-order valence-corrected chi connectivity index (χ0v) is 21.3. The van der Waals surface area contributed by atoms with Gasteiger partial charge < -0.3 is 24.4 Å². The van der Waals surface area contributed by atoms with E-state index in [1.54, 1.807) is 31.4 Å². The lowest BCUT2D eigenvalue weighted by atomic mass is 10.2. The maximum absolute atomic E-state index is 14.5. The Kier molecular flexibility index (Phi) is 7.87. The molecule has 0 saturated carbocycles. The molecule has 37 heavy (non-hydrogen) atoms. The van der Waals surface area contributed by atoms with Gasteiger partial charge in [0.25, 0.3) is 0 Å². The summed E-state index contributed by atoms with van der Waals surface area (Å²) in [6.07, 6.45) is 3.20. The van der Waals surface area contributed by atoms with E-state index in [4.69, 9.17) is 25.8 Å². The highest BCUT2D eigenvalue weighted by Crippen LogP contribution is 2.36. The van der Waals surface area contributed by atoms with E-state index in [2.05, 4.69) is 20.2 Å². The maximum Gasteiger partial charge on any atom is 0.237 e. The van der Waals surface area contributed by atoms with Crippen molar-refractivity contribution in [3.8, 4) is 11.5 Å². The van der Waals surface area contributed by atoms with Crippen LogP contribution in [0.3, 0.4) is 0 Å². The fourth-order valence-corrected chi connectivity index (χ4v) is 4.90. The second-order valence-electron chi connectivity index (χ2n) is 9.05. The van der Waals surface area contributed by atoms with E-state index >= 15 is 0 Å². The van der Waals surface area contributed by atoms with Crippen LogP contribution in [0.2, 0.25) is 5.02 Å². The first kappa shape index (κ1) is 25.4. The summed E-state index contributed by atoms with van der Waals surface area (Å²) >= 11 is 5.93. The number of fused-ring (bicyclic) bond motifs is 1. The van der Waals surface area contributed by atoms with Crippen molar-refractivity contribution in [1.29, 1.82) is 0 Å². The molecule has 0 radical (unpaired) electrons. The van der Waals surface area contributed by atoms with Gasteiger partial charge in [0.15, 0.2) is 17.3 Å². The number of rotatable bonds is 8. The second kappa shape index (κ2) is 11.5. The molecule has 3 heterocycles. The zero-order chi connectivity index (χ0) is 25.8. The Labute approximate surface area is 219 Å². The van der Waals surface area contributed by atoms with Crippen LogP contribution in [0.4, 0.5) is 15.9 Å². The Balaban J connectivity index is 1.33. The van der Waals surface area contributed by atoms with Gasteiger partial charge in [0.2, 0.25) is 5.91 Å². The number of hydrogen-bond acceptors (Lipinski definition) is 8. The summed E-state index contributed by atoms with van der Waals surface area (Å²) in [7, 11) is 1.56. The minimum atomic E-state index is -0.566. The third kappa shape index (κ3) is 5.71. The lowest BCUT2D eigenvalue weighted by Gasteiger charge is -2.30. The quantitative estimate of drug-likeness (QED) is 0.470. The van der Waals surface area contributed by atoms with Crippen LogP contribution in [0.5, 0.6) is 11.5 Å². The molecule has 1 unspecified atom stereocenters. The molecule has 1 amide bonds. The molecule has 2 aromatic carbocycles. The predicted octanol–water partition coefficient (Wildman–Crippen LogP) is 3.88. The smallest absolute Gasteiger partial charge is 0.237 e. The Morgan fingerprint density at radius 3 is 2.86 bits per heavy atom. The number of nitrogens with one attached hydrogen (secondary N) is 1. The van der Waals surface area contributed by atoms with Gasteiger partial charge in [-0.05, 0) is 31.0 Å². The average molecular weight is 530 g/mol. The molecule has 2 saturated heterocycles. The SMILES string of the molecule is COc1cc2ncnc(Nc3cccc(Cl)c3F)c2cc1OCC1CCCN1C(=O)CN1CCOCC1. The van der Waals surface area contributed by atoms with Crippen LogP contribution >= 0.6 is 11.6 Å². The third-order valence-corrected chi connectivity index (χ3v) is 7.01. The number of carbonyl (C=O) groups excluding carboxylic acids is 1. The van der Waals surface area contributed by atoms with Crippen molar-refractivity contribution in [3.05, 3.63) is 47.5 Å². The standard InChI is InChI=1S/C26H29ClFN5O4/c1-35-22-13-21-18(26(30-16-29-21)31-20-6-2-5-19(27)25(20)28)12-23(22)37-15-17-4-3-7-33(17)24(34)14-32-8-10-36-11-9-32/h2,5-6,12-13,16-17H,3-4,7-11,14-15H2,1H3,(H,29,30,31). The van der Waals surface area contributed by atoms with Gasteiger partial charge in [-0.3, -0.25) is 9.69 Å². The summed E-state index contributed by atoms with van der Waals surface area (Å²) in [5.41, 5.74) is 0.804. The summed E-state index contributed by atoms with van der Waals surface area (Å²) in [6, 6.07) is 8.21. The first-order valence-electron chi connectivity index (χ1n) is 12.3. The molecule has 9 nitrogen and oxygen atoms in total. The molecule has 2 aliphatic rings. The fourth-order valence-electron chi connectivity index (χ4n) is 4.73. The Morgan fingerprint density at radius 2 is 2.05 bits per heavy atom. The molecule has 0 spiro atoms. The number of morpholine rings is 1. The first-order valence-corrected chi connectivity index (χ1v) is 12.7. The van der Waals surface area contributed by atoms with Crippen molar-refractivity contribution in [2.75, 3.05) is 58.4 Å². The van der Waals surface area contributed by atoms with E-state index in [9.17, 15) is 9.18 Å². The van der Waals surface area contributed by atoms with Crippen molar-refractivity contribution in [3.63, 3.8) is 0 Å². The van der Waals surface area contributed by atoms with E-state index < -0.39 is 5.82 Å². The van der Waals surface area contributed by atoms with Crippen LogP contribution in [-0.4, -0.2) is 84.8 Å². The van der Waals surface area contributed by atoms with Crippen molar-refractivity contribution in [2.45, 2.75) is 18.9 Å². The van der Waals surface area contributed by atoms with Gasteiger partial charge >= 0.3 is 0 Å².